The van der Waals surface area contributed by atoms with E-state index in [1.54, 1.807) is 11.8 Å². The summed E-state index contributed by atoms with van der Waals surface area (Å²) in [7, 11) is 0. The molecule has 0 spiro atoms. The molecule has 0 bridgehead atoms. The third-order valence-electron chi connectivity index (χ3n) is 1.49. The zero-order chi connectivity index (χ0) is 6.85. The van der Waals surface area contributed by atoms with Gasteiger partial charge in [-0.3, -0.25) is 4.79 Å². The molecular weight excluding hydrogens is 132 g/mol. The van der Waals surface area contributed by atoms with Crippen LogP contribution in [0.5, 0.6) is 0 Å². The largest absolute Gasteiger partial charge is 0.293 e. The molecule has 0 fully saturated rings. The van der Waals surface area contributed by atoms with Crippen LogP contribution in [0, 0.1) is 0 Å². The summed E-state index contributed by atoms with van der Waals surface area (Å²) in [5, 5.41) is 0.190. The van der Waals surface area contributed by atoms with Crippen molar-refractivity contribution < 1.29 is 4.79 Å². The first-order valence-electron chi connectivity index (χ1n) is 3.04. The second-order valence-electron chi connectivity index (χ2n) is 2.23. The lowest BCUT2D eigenvalue weighted by atomic mass is 10.1. The smallest absolute Gasteiger partial charge is 0.170 e. The molecule has 0 N–H and O–H groups in total. The van der Waals surface area contributed by atoms with Gasteiger partial charge in [0.15, 0.2) is 5.78 Å². The van der Waals surface area contributed by atoms with Crippen molar-refractivity contribution in [3.05, 3.63) is 11.6 Å². The van der Waals surface area contributed by atoms with Crippen molar-refractivity contribution in [1.82, 2.24) is 0 Å². The highest BCUT2D eigenvalue weighted by molar-refractivity contribution is 8.00. The third-order valence-corrected chi connectivity index (χ3v) is 2.57. The van der Waals surface area contributed by atoms with Gasteiger partial charge in [0, 0.05) is 5.75 Å². The number of rotatable bonds is 0. The van der Waals surface area contributed by atoms with Crippen molar-refractivity contribution in [3.63, 3.8) is 0 Å². The normalized spacial score (nSPS) is 28.0. The summed E-state index contributed by atoms with van der Waals surface area (Å²) in [6.07, 6.45) is 1.99. The van der Waals surface area contributed by atoms with E-state index in [9.17, 15) is 4.79 Å². The van der Waals surface area contributed by atoms with Gasteiger partial charge in [-0.25, -0.2) is 0 Å². The summed E-state index contributed by atoms with van der Waals surface area (Å²) in [6, 6.07) is 0. The average Bonchev–Trinajstić information content (AvgIpc) is 1.83. The monoisotopic (exact) mass is 142 g/mol. The number of allylic oxidation sites excluding steroid dienone is 1. The molecule has 50 valence electrons. The van der Waals surface area contributed by atoms with Crippen LogP contribution in [0.2, 0.25) is 0 Å². The lowest BCUT2D eigenvalue weighted by Gasteiger charge is -2.13. The summed E-state index contributed by atoms with van der Waals surface area (Å²) in [6.45, 7) is 3.85. The first-order valence-corrected chi connectivity index (χ1v) is 4.09. The van der Waals surface area contributed by atoms with Gasteiger partial charge in [0.2, 0.25) is 0 Å². The molecule has 0 aromatic heterocycles. The van der Waals surface area contributed by atoms with E-state index in [0.717, 1.165) is 11.3 Å². The Morgan fingerprint density at radius 2 is 2.44 bits per heavy atom. The van der Waals surface area contributed by atoms with E-state index in [1.165, 1.54) is 0 Å². The number of carbonyl (C=O) groups is 1. The minimum Gasteiger partial charge on any atom is -0.293 e. The Morgan fingerprint density at radius 3 is 2.89 bits per heavy atom. The Hall–Kier alpha value is -0.240. The molecule has 1 unspecified atom stereocenters. The number of ketones is 1. The fraction of sp³-hybridized carbons (Fsp3) is 0.571. The van der Waals surface area contributed by atoms with Crippen molar-refractivity contribution in [2.45, 2.75) is 19.1 Å². The van der Waals surface area contributed by atoms with Gasteiger partial charge in [0.05, 0.1) is 5.25 Å². The molecule has 0 aliphatic carbocycles. The maximum Gasteiger partial charge on any atom is 0.170 e. The van der Waals surface area contributed by atoms with E-state index in [2.05, 4.69) is 0 Å². The molecule has 1 atom stereocenters. The quantitative estimate of drug-likeness (QED) is 0.511. The summed E-state index contributed by atoms with van der Waals surface area (Å²) < 4.78 is 0. The van der Waals surface area contributed by atoms with E-state index < -0.39 is 0 Å². The highest BCUT2D eigenvalue weighted by atomic mass is 32.2. The predicted molar refractivity (Wildman–Crippen MR) is 40.7 cm³/mol. The molecular formula is C7H10OS. The third kappa shape index (κ3) is 1.36. The van der Waals surface area contributed by atoms with E-state index in [0.29, 0.717) is 5.78 Å². The molecule has 0 radical (unpaired) electrons. The van der Waals surface area contributed by atoms with Crippen LogP contribution in [0.1, 0.15) is 13.8 Å². The molecule has 2 heteroatoms. The fourth-order valence-electron chi connectivity index (χ4n) is 0.814. The van der Waals surface area contributed by atoms with Crippen LogP contribution in [0.25, 0.3) is 0 Å². The van der Waals surface area contributed by atoms with Crippen molar-refractivity contribution in [3.8, 4) is 0 Å². The second-order valence-corrected chi connectivity index (χ2v) is 3.60. The summed E-state index contributed by atoms with van der Waals surface area (Å²) in [4.78, 5) is 11.0. The van der Waals surface area contributed by atoms with Gasteiger partial charge in [-0.05, 0) is 19.4 Å². The van der Waals surface area contributed by atoms with Gasteiger partial charge in [0.25, 0.3) is 0 Å². The van der Waals surface area contributed by atoms with Crippen LogP contribution in [-0.2, 0) is 4.79 Å². The topological polar surface area (TPSA) is 17.1 Å². The second kappa shape index (κ2) is 2.56. The van der Waals surface area contributed by atoms with Crippen molar-refractivity contribution in [2.75, 3.05) is 5.75 Å². The summed E-state index contributed by atoms with van der Waals surface area (Å²) in [5.74, 6) is 1.30. The van der Waals surface area contributed by atoms with Gasteiger partial charge < -0.3 is 0 Å². The molecule has 0 saturated carbocycles. The van der Waals surface area contributed by atoms with Crippen LogP contribution < -0.4 is 0 Å². The molecule has 0 aromatic rings. The Labute approximate surface area is 59.5 Å². The first-order chi connectivity index (χ1) is 4.22. The SMILES string of the molecule is CC1=CCSC(C)C1=O. The van der Waals surface area contributed by atoms with Crippen LogP contribution in [-0.4, -0.2) is 16.8 Å². The van der Waals surface area contributed by atoms with E-state index in [1.807, 2.05) is 19.9 Å². The number of Topliss-reactive ketones (excluding diaryl/α,β-unsaturated/α-hetero) is 1. The lowest BCUT2D eigenvalue weighted by Crippen LogP contribution is -2.18. The number of hydrogen-bond acceptors (Lipinski definition) is 2. The Balaban J connectivity index is 2.74. The van der Waals surface area contributed by atoms with Gasteiger partial charge in [-0.15, -0.1) is 11.8 Å². The van der Waals surface area contributed by atoms with Crippen LogP contribution in [0.15, 0.2) is 11.6 Å². The van der Waals surface area contributed by atoms with Crippen LogP contribution in [0.3, 0.4) is 0 Å². The van der Waals surface area contributed by atoms with Gasteiger partial charge in [-0.1, -0.05) is 6.08 Å². The van der Waals surface area contributed by atoms with Crippen molar-refractivity contribution in [1.29, 1.82) is 0 Å². The van der Waals surface area contributed by atoms with Crippen molar-refractivity contribution >= 4 is 17.5 Å². The molecule has 0 saturated heterocycles. The standard InChI is InChI=1S/C7H10OS/c1-5-3-4-9-6(2)7(5)8/h3,6H,4H2,1-2H3. The van der Waals surface area contributed by atoms with E-state index in [-0.39, 0.29) is 5.25 Å². The number of hydrogen-bond donors (Lipinski definition) is 0. The van der Waals surface area contributed by atoms with E-state index >= 15 is 0 Å². The van der Waals surface area contributed by atoms with Gasteiger partial charge >= 0.3 is 0 Å². The number of carbonyl (C=O) groups excluding carboxylic acids is 1. The molecule has 1 aliphatic heterocycles. The average molecular weight is 142 g/mol. The molecule has 1 rings (SSSR count). The zero-order valence-electron chi connectivity index (χ0n) is 5.68. The molecule has 1 heterocycles. The predicted octanol–water partition coefficient (Wildman–Crippen LogP) is 1.64. The van der Waals surface area contributed by atoms with Crippen LogP contribution >= 0.6 is 11.8 Å². The molecule has 1 aliphatic rings. The maximum absolute atomic E-state index is 11.0. The lowest BCUT2D eigenvalue weighted by molar-refractivity contribution is -0.114. The maximum atomic E-state index is 11.0. The van der Waals surface area contributed by atoms with Crippen LogP contribution in [0.4, 0.5) is 0 Å². The molecule has 1 nitrogen and oxygen atoms in total. The highest BCUT2D eigenvalue weighted by Crippen LogP contribution is 2.20. The molecule has 0 amide bonds. The zero-order valence-corrected chi connectivity index (χ0v) is 6.49. The van der Waals surface area contributed by atoms with E-state index in [4.69, 9.17) is 0 Å². The Morgan fingerprint density at radius 1 is 1.78 bits per heavy atom. The minimum atomic E-state index is 0.190. The Bertz CT molecular complexity index is 160. The van der Waals surface area contributed by atoms with Gasteiger partial charge in [-0.2, -0.15) is 0 Å². The fourth-order valence-corrected chi connectivity index (χ4v) is 1.79. The Kier molecular flexibility index (Phi) is 1.96. The van der Waals surface area contributed by atoms with Crippen molar-refractivity contribution in [2.24, 2.45) is 0 Å². The first kappa shape index (κ1) is 6.87. The minimum absolute atomic E-state index is 0.190. The molecule has 9 heavy (non-hydrogen) atoms. The highest BCUT2D eigenvalue weighted by Gasteiger charge is 2.17. The molecule has 0 aromatic carbocycles. The number of thioether (sulfide) groups is 1. The summed E-state index contributed by atoms with van der Waals surface area (Å²) in [5.41, 5.74) is 0.932. The van der Waals surface area contributed by atoms with Gasteiger partial charge in [0.1, 0.15) is 0 Å². The summed E-state index contributed by atoms with van der Waals surface area (Å²) >= 11 is 1.70.